The van der Waals surface area contributed by atoms with Crippen molar-refractivity contribution in [3.8, 4) is 0 Å². The SMILES string of the molecule is O=C(NC1c2ccccc2CC1Cl)C1CCCOC1. The zero-order chi connectivity index (χ0) is 13.2. The van der Waals surface area contributed by atoms with Crippen LogP contribution in [0.1, 0.15) is 30.0 Å². The number of rotatable bonds is 2. The molecule has 1 saturated heterocycles. The van der Waals surface area contributed by atoms with Gasteiger partial charge in [-0.2, -0.15) is 0 Å². The molecular weight excluding hydrogens is 262 g/mol. The molecule has 0 radical (unpaired) electrons. The van der Waals surface area contributed by atoms with Crippen LogP contribution in [-0.4, -0.2) is 24.5 Å². The van der Waals surface area contributed by atoms with E-state index >= 15 is 0 Å². The number of halogens is 1. The smallest absolute Gasteiger partial charge is 0.225 e. The number of carbonyl (C=O) groups is 1. The lowest BCUT2D eigenvalue weighted by Gasteiger charge is -2.24. The third-order valence-corrected chi connectivity index (χ3v) is 4.40. The maximum absolute atomic E-state index is 12.3. The predicted octanol–water partition coefficient (Wildman–Crippen LogP) is 2.43. The van der Waals surface area contributed by atoms with Crippen molar-refractivity contribution < 1.29 is 9.53 Å². The fourth-order valence-electron chi connectivity index (χ4n) is 2.93. The topological polar surface area (TPSA) is 38.3 Å². The van der Waals surface area contributed by atoms with Crippen LogP contribution in [0.25, 0.3) is 0 Å². The summed E-state index contributed by atoms with van der Waals surface area (Å²) in [5.74, 6) is 0.0532. The molecule has 0 bridgehead atoms. The summed E-state index contributed by atoms with van der Waals surface area (Å²) >= 11 is 6.38. The van der Waals surface area contributed by atoms with E-state index in [2.05, 4.69) is 17.4 Å². The molecule has 1 aliphatic carbocycles. The molecule has 3 nitrogen and oxygen atoms in total. The summed E-state index contributed by atoms with van der Waals surface area (Å²) < 4.78 is 5.37. The molecule has 1 fully saturated rings. The fraction of sp³-hybridized carbons (Fsp3) is 0.533. The van der Waals surface area contributed by atoms with Crippen molar-refractivity contribution in [2.75, 3.05) is 13.2 Å². The summed E-state index contributed by atoms with van der Waals surface area (Å²) in [6.07, 6.45) is 2.70. The van der Waals surface area contributed by atoms with Gasteiger partial charge in [-0.05, 0) is 30.4 Å². The Kier molecular flexibility index (Phi) is 3.76. The van der Waals surface area contributed by atoms with Crippen LogP contribution in [0.5, 0.6) is 0 Å². The minimum Gasteiger partial charge on any atom is -0.381 e. The number of hydrogen-bond donors (Lipinski definition) is 1. The van der Waals surface area contributed by atoms with Crippen LogP contribution >= 0.6 is 11.6 Å². The van der Waals surface area contributed by atoms with Crippen LogP contribution in [-0.2, 0) is 16.0 Å². The van der Waals surface area contributed by atoms with Crippen LogP contribution in [0.2, 0.25) is 0 Å². The highest BCUT2D eigenvalue weighted by Crippen LogP contribution is 2.35. The molecule has 0 saturated carbocycles. The van der Waals surface area contributed by atoms with Gasteiger partial charge in [0.15, 0.2) is 0 Å². The van der Waals surface area contributed by atoms with Gasteiger partial charge in [0.05, 0.1) is 23.9 Å². The number of fused-ring (bicyclic) bond motifs is 1. The molecule has 2 aliphatic rings. The molecule has 0 aromatic heterocycles. The van der Waals surface area contributed by atoms with Gasteiger partial charge in [0.2, 0.25) is 5.91 Å². The Morgan fingerprint density at radius 3 is 3.00 bits per heavy atom. The van der Waals surface area contributed by atoms with Gasteiger partial charge in [0, 0.05) is 6.61 Å². The summed E-state index contributed by atoms with van der Waals surface area (Å²) in [7, 11) is 0. The monoisotopic (exact) mass is 279 g/mol. The Hall–Kier alpha value is -1.06. The maximum Gasteiger partial charge on any atom is 0.225 e. The molecule has 102 valence electrons. The second kappa shape index (κ2) is 5.51. The maximum atomic E-state index is 12.3. The van der Waals surface area contributed by atoms with Crippen molar-refractivity contribution in [3.63, 3.8) is 0 Å². The molecule has 0 spiro atoms. The number of amides is 1. The zero-order valence-corrected chi connectivity index (χ0v) is 11.5. The molecule has 1 amide bonds. The summed E-state index contributed by atoms with van der Waals surface area (Å²) in [5, 5.41) is 3.05. The Labute approximate surface area is 118 Å². The summed E-state index contributed by atoms with van der Waals surface area (Å²) in [6, 6.07) is 8.09. The molecule has 4 heteroatoms. The van der Waals surface area contributed by atoms with Crippen molar-refractivity contribution in [1.82, 2.24) is 5.32 Å². The van der Waals surface area contributed by atoms with Gasteiger partial charge in [-0.25, -0.2) is 0 Å². The molecule has 1 heterocycles. The Morgan fingerprint density at radius 2 is 2.21 bits per heavy atom. The fourth-order valence-corrected chi connectivity index (χ4v) is 3.30. The molecule has 19 heavy (non-hydrogen) atoms. The first-order valence-electron chi connectivity index (χ1n) is 6.85. The van der Waals surface area contributed by atoms with Crippen LogP contribution in [0.4, 0.5) is 0 Å². The zero-order valence-electron chi connectivity index (χ0n) is 10.8. The van der Waals surface area contributed by atoms with E-state index in [9.17, 15) is 4.79 Å². The summed E-state index contributed by atoms with van der Waals surface area (Å²) in [4.78, 5) is 12.3. The Bertz CT molecular complexity index is 471. The van der Waals surface area contributed by atoms with Crippen molar-refractivity contribution in [2.45, 2.75) is 30.7 Å². The second-order valence-electron chi connectivity index (χ2n) is 5.32. The van der Waals surface area contributed by atoms with Crippen molar-refractivity contribution in [2.24, 2.45) is 5.92 Å². The van der Waals surface area contributed by atoms with E-state index in [1.165, 1.54) is 5.56 Å². The molecule has 1 aliphatic heterocycles. The molecular formula is C15H18ClNO2. The number of nitrogens with one attached hydrogen (secondary N) is 1. The average molecular weight is 280 g/mol. The number of alkyl halides is 1. The number of carbonyl (C=O) groups excluding carboxylic acids is 1. The first kappa shape index (κ1) is 12.9. The van der Waals surface area contributed by atoms with Gasteiger partial charge < -0.3 is 10.1 Å². The van der Waals surface area contributed by atoms with E-state index in [0.717, 1.165) is 31.4 Å². The summed E-state index contributed by atoms with van der Waals surface area (Å²) in [5.41, 5.74) is 2.40. The summed E-state index contributed by atoms with van der Waals surface area (Å²) in [6.45, 7) is 1.31. The van der Waals surface area contributed by atoms with Gasteiger partial charge in [-0.15, -0.1) is 11.6 Å². The van der Waals surface area contributed by atoms with Crippen molar-refractivity contribution >= 4 is 17.5 Å². The number of hydrogen-bond acceptors (Lipinski definition) is 2. The highest BCUT2D eigenvalue weighted by atomic mass is 35.5. The van der Waals surface area contributed by atoms with E-state index in [4.69, 9.17) is 16.3 Å². The lowest BCUT2D eigenvalue weighted by molar-refractivity contribution is -0.129. The minimum absolute atomic E-state index is 0.0228. The molecule has 1 aromatic rings. The second-order valence-corrected chi connectivity index (χ2v) is 5.88. The van der Waals surface area contributed by atoms with Crippen LogP contribution < -0.4 is 5.32 Å². The highest BCUT2D eigenvalue weighted by Gasteiger charge is 2.33. The lowest BCUT2D eigenvalue weighted by atomic mass is 10.00. The standard InChI is InChI=1S/C15H18ClNO2/c16-13-8-10-4-1-2-6-12(10)14(13)17-15(18)11-5-3-7-19-9-11/h1-2,4,6,11,13-14H,3,5,7-9H2,(H,17,18). The van der Waals surface area contributed by atoms with Crippen LogP contribution in [0, 0.1) is 5.92 Å². The first-order valence-corrected chi connectivity index (χ1v) is 7.29. The Balaban J connectivity index is 1.71. The minimum atomic E-state index is -0.0627. The molecule has 1 N–H and O–H groups in total. The van der Waals surface area contributed by atoms with Crippen molar-refractivity contribution in [3.05, 3.63) is 35.4 Å². The third kappa shape index (κ3) is 2.63. The largest absolute Gasteiger partial charge is 0.381 e. The average Bonchev–Trinajstić information content (AvgIpc) is 2.76. The highest BCUT2D eigenvalue weighted by molar-refractivity contribution is 6.21. The van der Waals surface area contributed by atoms with Gasteiger partial charge in [-0.1, -0.05) is 24.3 Å². The van der Waals surface area contributed by atoms with E-state index in [0.29, 0.717) is 6.61 Å². The van der Waals surface area contributed by atoms with E-state index in [1.54, 1.807) is 0 Å². The van der Waals surface area contributed by atoms with Gasteiger partial charge in [-0.3, -0.25) is 4.79 Å². The van der Waals surface area contributed by atoms with Gasteiger partial charge in [0.1, 0.15) is 0 Å². The molecule has 3 unspecified atom stereocenters. The van der Waals surface area contributed by atoms with Gasteiger partial charge >= 0.3 is 0 Å². The van der Waals surface area contributed by atoms with Crippen molar-refractivity contribution in [1.29, 1.82) is 0 Å². The molecule has 3 rings (SSSR count). The number of benzene rings is 1. The Morgan fingerprint density at radius 1 is 1.37 bits per heavy atom. The molecule has 1 aromatic carbocycles. The van der Waals surface area contributed by atoms with Crippen LogP contribution in [0.3, 0.4) is 0 Å². The van der Waals surface area contributed by atoms with E-state index < -0.39 is 0 Å². The van der Waals surface area contributed by atoms with E-state index in [1.807, 2.05) is 12.1 Å². The third-order valence-electron chi connectivity index (χ3n) is 4.00. The predicted molar refractivity (Wildman–Crippen MR) is 74.2 cm³/mol. The van der Waals surface area contributed by atoms with Crippen LogP contribution in [0.15, 0.2) is 24.3 Å². The number of ether oxygens (including phenoxy) is 1. The van der Waals surface area contributed by atoms with E-state index in [-0.39, 0.29) is 23.2 Å². The van der Waals surface area contributed by atoms with Gasteiger partial charge in [0.25, 0.3) is 0 Å². The first-order chi connectivity index (χ1) is 9.25. The molecule has 3 atom stereocenters. The lowest BCUT2D eigenvalue weighted by Crippen LogP contribution is -2.39. The quantitative estimate of drug-likeness (QED) is 0.845. The normalized spacial score (nSPS) is 29.8.